The molecule has 1 atom stereocenters. The normalized spacial score (nSPS) is 20.6. The van der Waals surface area contributed by atoms with Crippen LogP contribution >= 0.6 is 0 Å². The summed E-state index contributed by atoms with van der Waals surface area (Å²) in [6.45, 7) is 13.1. The fourth-order valence-electron chi connectivity index (χ4n) is 4.04. The van der Waals surface area contributed by atoms with E-state index in [2.05, 4.69) is 36.4 Å². The van der Waals surface area contributed by atoms with Gasteiger partial charge >= 0.3 is 0 Å². The molecule has 27 heavy (non-hydrogen) atoms. The Balaban J connectivity index is 2.46. The van der Waals surface area contributed by atoms with Crippen LogP contribution in [0.25, 0.3) is 5.57 Å². The maximum atomic E-state index is 15.1. The number of allylic oxidation sites excluding steroid dienone is 1. The van der Waals surface area contributed by atoms with Crippen LogP contribution in [0.15, 0.2) is 35.4 Å². The number of hydrogen-bond donors (Lipinski definition) is 1. The molecule has 148 valence electrons. The molecule has 0 aromatic heterocycles. The van der Waals surface area contributed by atoms with E-state index in [-0.39, 0.29) is 18.0 Å². The van der Waals surface area contributed by atoms with E-state index in [0.29, 0.717) is 12.1 Å². The highest BCUT2D eigenvalue weighted by molar-refractivity contribution is 6.03. The van der Waals surface area contributed by atoms with Crippen molar-refractivity contribution in [1.29, 1.82) is 0 Å². The van der Waals surface area contributed by atoms with E-state index >= 15 is 4.39 Å². The molecular formula is C23H33FN2O. The third kappa shape index (κ3) is 4.32. The van der Waals surface area contributed by atoms with Crippen molar-refractivity contribution >= 4 is 17.0 Å². The Labute approximate surface area is 163 Å². The third-order valence-electron chi connectivity index (χ3n) is 5.82. The molecule has 1 heterocycles. The molecule has 1 saturated heterocycles. The monoisotopic (exact) mass is 372 g/mol. The highest BCUT2D eigenvalue weighted by Crippen LogP contribution is 2.44. The fraction of sp³-hybridized carbons (Fsp3) is 0.522. The molecule has 1 N–H and O–H groups in total. The first kappa shape index (κ1) is 21.4. The topological polar surface area (TPSA) is 35.8 Å². The van der Waals surface area contributed by atoms with Gasteiger partial charge in [0.2, 0.25) is 0 Å². The molecule has 0 saturated carbocycles. The summed E-state index contributed by atoms with van der Waals surface area (Å²) in [6.07, 6.45) is 5.65. The van der Waals surface area contributed by atoms with Crippen LogP contribution < -0.4 is 4.90 Å². The molecule has 1 aliphatic heterocycles. The Hall–Kier alpha value is -1.94. The second-order valence-corrected chi connectivity index (χ2v) is 7.66. The molecule has 4 heteroatoms. The van der Waals surface area contributed by atoms with Gasteiger partial charge in [0.05, 0.1) is 5.69 Å². The molecule has 1 aromatic carbocycles. The molecule has 0 bridgehead atoms. The minimum atomic E-state index is -0.199. The largest absolute Gasteiger partial charge is 0.396 e. The average molecular weight is 373 g/mol. The lowest BCUT2D eigenvalue weighted by Gasteiger charge is -2.55. The van der Waals surface area contributed by atoms with Crippen molar-refractivity contribution < 1.29 is 9.50 Å². The van der Waals surface area contributed by atoms with Gasteiger partial charge < -0.3 is 10.0 Å². The minimum absolute atomic E-state index is 0.0594. The molecule has 2 rings (SSSR count). The number of nitrogens with zero attached hydrogens (tertiary/aromatic N) is 2. The number of aliphatic hydroxyl groups is 1. The molecule has 0 amide bonds. The SMILES string of the molecule is C=C(C)c1cc(F)c(N2CCC2(CC)C/C(C)=C\CCO)cc1/C(C)=N\C. The highest BCUT2D eigenvalue weighted by atomic mass is 19.1. The summed E-state index contributed by atoms with van der Waals surface area (Å²) in [5, 5.41) is 9.06. The predicted octanol–water partition coefficient (Wildman–Crippen LogP) is 5.38. The number of aliphatic imine (C=N–C) groups is 1. The summed E-state index contributed by atoms with van der Waals surface area (Å²) in [6, 6.07) is 3.55. The van der Waals surface area contributed by atoms with Gasteiger partial charge in [-0.3, -0.25) is 4.99 Å². The maximum Gasteiger partial charge on any atom is 0.147 e. The van der Waals surface area contributed by atoms with E-state index in [1.54, 1.807) is 13.1 Å². The summed E-state index contributed by atoms with van der Waals surface area (Å²) in [5.41, 5.74) is 5.34. The van der Waals surface area contributed by atoms with E-state index in [1.807, 2.05) is 19.9 Å². The van der Waals surface area contributed by atoms with Crippen LogP contribution in [0.3, 0.4) is 0 Å². The molecule has 1 unspecified atom stereocenters. The molecule has 1 fully saturated rings. The first-order valence-corrected chi connectivity index (χ1v) is 9.77. The zero-order valence-corrected chi connectivity index (χ0v) is 17.4. The van der Waals surface area contributed by atoms with E-state index in [4.69, 9.17) is 5.11 Å². The van der Waals surface area contributed by atoms with Crippen molar-refractivity contribution in [3.63, 3.8) is 0 Å². The Morgan fingerprint density at radius 3 is 2.52 bits per heavy atom. The molecule has 0 spiro atoms. The van der Waals surface area contributed by atoms with Crippen molar-refractivity contribution in [3.05, 3.63) is 47.3 Å². The van der Waals surface area contributed by atoms with Crippen LogP contribution in [-0.4, -0.2) is 36.6 Å². The van der Waals surface area contributed by atoms with Gasteiger partial charge in [0.15, 0.2) is 0 Å². The fourth-order valence-corrected chi connectivity index (χ4v) is 4.04. The molecule has 1 aliphatic rings. The van der Waals surface area contributed by atoms with E-state index in [9.17, 15) is 0 Å². The molecule has 3 nitrogen and oxygen atoms in total. The summed E-state index contributed by atoms with van der Waals surface area (Å²) < 4.78 is 15.1. The molecule has 1 aromatic rings. The first-order chi connectivity index (χ1) is 12.8. The van der Waals surface area contributed by atoms with Crippen molar-refractivity contribution in [2.24, 2.45) is 4.99 Å². The third-order valence-corrected chi connectivity index (χ3v) is 5.82. The number of aliphatic hydroxyl groups excluding tert-OH is 1. The van der Waals surface area contributed by atoms with Crippen LogP contribution in [-0.2, 0) is 0 Å². The first-order valence-electron chi connectivity index (χ1n) is 9.77. The molecule has 0 aliphatic carbocycles. The summed E-state index contributed by atoms with van der Waals surface area (Å²) in [7, 11) is 1.76. The van der Waals surface area contributed by atoms with Gasteiger partial charge in [-0.1, -0.05) is 30.7 Å². The standard InChI is InChI=1S/C23H33FN2O/c1-7-23(15-17(4)9-8-12-27)10-11-26(23)22-14-20(18(5)25-6)19(16(2)3)13-21(22)24/h9,13-14,27H,2,7-8,10-12,15H2,1,3-6H3/b17-9-,25-18-. The lowest BCUT2D eigenvalue weighted by molar-refractivity contribution is 0.257. The van der Waals surface area contributed by atoms with Crippen LogP contribution in [0.2, 0.25) is 0 Å². The van der Waals surface area contributed by atoms with E-state index < -0.39 is 0 Å². The smallest absolute Gasteiger partial charge is 0.147 e. The van der Waals surface area contributed by atoms with Crippen molar-refractivity contribution in [2.45, 2.75) is 58.9 Å². The number of hydrogen-bond acceptors (Lipinski definition) is 3. The van der Waals surface area contributed by atoms with Crippen LogP contribution in [0.1, 0.15) is 64.5 Å². The van der Waals surface area contributed by atoms with Gasteiger partial charge in [0.1, 0.15) is 5.82 Å². The van der Waals surface area contributed by atoms with Crippen molar-refractivity contribution in [1.82, 2.24) is 0 Å². The molecule has 0 radical (unpaired) electrons. The minimum Gasteiger partial charge on any atom is -0.396 e. The lowest BCUT2D eigenvalue weighted by atomic mass is 9.76. The zero-order chi connectivity index (χ0) is 20.2. The average Bonchev–Trinajstić information content (AvgIpc) is 2.63. The molecular weight excluding hydrogens is 339 g/mol. The number of anilines is 1. The second kappa shape index (κ2) is 8.83. The Bertz CT molecular complexity index is 762. The number of rotatable bonds is 8. The number of benzene rings is 1. The van der Waals surface area contributed by atoms with Gasteiger partial charge in [0.25, 0.3) is 0 Å². The summed E-state index contributed by atoms with van der Waals surface area (Å²) >= 11 is 0. The van der Waals surface area contributed by atoms with Crippen LogP contribution in [0.4, 0.5) is 10.1 Å². The van der Waals surface area contributed by atoms with E-state index in [0.717, 1.165) is 48.2 Å². The Morgan fingerprint density at radius 2 is 2.04 bits per heavy atom. The van der Waals surface area contributed by atoms with Crippen molar-refractivity contribution in [3.8, 4) is 0 Å². The van der Waals surface area contributed by atoms with Gasteiger partial charge in [-0.2, -0.15) is 0 Å². The lowest BCUT2D eigenvalue weighted by Crippen LogP contribution is -2.60. The van der Waals surface area contributed by atoms with Gasteiger partial charge in [-0.25, -0.2) is 4.39 Å². The van der Waals surface area contributed by atoms with Gasteiger partial charge in [-0.05, 0) is 64.2 Å². The Kier molecular flexibility index (Phi) is 6.99. The Morgan fingerprint density at radius 1 is 1.33 bits per heavy atom. The summed E-state index contributed by atoms with van der Waals surface area (Å²) in [5.74, 6) is -0.199. The van der Waals surface area contributed by atoms with Crippen LogP contribution in [0, 0.1) is 5.82 Å². The summed E-state index contributed by atoms with van der Waals surface area (Å²) in [4.78, 5) is 6.53. The second-order valence-electron chi connectivity index (χ2n) is 7.66. The van der Waals surface area contributed by atoms with Gasteiger partial charge in [0, 0.05) is 37.0 Å². The quantitative estimate of drug-likeness (QED) is 0.491. The van der Waals surface area contributed by atoms with Crippen LogP contribution in [0.5, 0.6) is 0 Å². The number of halogens is 1. The van der Waals surface area contributed by atoms with Gasteiger partial charge in [-0.15, -0.1) is 0 Å². The predicted molar refractivity (Wildman–Crippen MR) is 114 cm³/mol. The van der Waals surface area contributed by atoms with Crippen molar-refractivity contribution in [2.75, 3.05) is 25.1 Å². The van der Waals surface area contributed by atoms with E-state index in [1.165, 1.54) is 5.57 Å². The maximum absolute atomic E-state index is 15.1. The zero-order valence-electron chi connectivity index (χ0n) is 17.4. The highest BCUT2D eigenvalue weighted by Gasteiger charge is 2.44.